The Hall–Kier alpha value is -0.0500. The lowest BCUT2D eigenvalue weighted by Gasteiger charge is -2.06. The number of hydrogen-bond donors (Lipinski definition) is 1. The molecule has 15 heavy (non-hydrogen) atoms. The van der Waals surface area contributed by atoms with Crippen LogP contribution in [0.4, 0.5) is 0 Å². The Balaban J connectivity index is 2.28. The van der Waals surface area contributed by atoms with Gasteiger partial charge in [0.1, 0.15) is 0 Å². The van der Waals surface area contributed by atoms with E-state index in [4.69, 9.17) is 11.6 Å². The summed E-state index contributed by atoms with van der Waals surface area (Å²) in [5.74, 6) is 0. The van der Waals surface area contributed by atoms with E-state index in [1.807, 2.05) is 13.0 Å². The van der Waals surface area contributed by atoms with Crippen molar-refractivity contribution >= 4 is 27.5 Å². The Morgan fingerprint density at radius 2 is 2.13 bits per heavy atom. The van der Waals surface area contributed by atoms with Gasteiger partial charge in [0.15, 0.2) is 0 Å². The summed E-state index contributed by atoms with van der Waals surface area (Å²) in [5.41, 5.74) is 2.45. The molecular weight excluding hydrogens is 273 g/mol. The lowest BCUT2D eigenvalue weighted by atomic mass is 10.1. The summed E-state index contributed by atoms with van der Waals surface area (Å²) in [6.07, 6.45) is 2.45. The second-order valence-electron chi connectivity index (χ2n) is 3.66. The highest BCUT2D eigenvalue weighted by Crippen LogP contribution is 2.15. The van der Waals surface area contributed by atoms with Gasteiger partial charge in [0.2, 0.25) is 0 Å². The SMILES string of the molecule is Cc1cc(CNCCCCBr)ccc1Cl. The molecule has 0 unspecified atom stereocenters. The highest BCUT2D eigenvalue weighted by molar-refractivity contribution is 9.09. The number of halogens is 2. The fourth-order valence-corrected chi connectivity index (χ4v) is 1.91. The minimum absolute atomic E-state index is 0.845. The summed E-state index contributed by atoms with van der Waals surface area (Å²) in [4.78, 5) is 0. The highest BCUT2D eigenvalue weighted by Gasteiger charge is 1.97. The largest absolute Gasteiger partial charge is 0.313 e. The number of hydrogen-bond acceptors (Lipinski definition) is 1. The lowest BCUT2D eigenvalue weighted by Crippen LogP contribution is -2.14. The number of rotatable bonds is 6. The third-order valence-electron chi connectivity index (χ3n) is 2.29. The first-order valence-corrected chi connectivity index (χ1v) is 6.75. The summed E-state index contributed by atoms with van der Waals surface area (Å²) in [5, 5.41) is 5.36. The molecule has 0 amide bonds. The van der Waals surface area contributed by atoms with Crippen molar-refractivity contribution in [2.24, 2.45) is 0 Å². The molecular formula is C12H17BrClN. The van der Waals surface area contributed by atoms with Crippen LogP contribution < -0.4 is 5.32 Å². The molecule has 84 valence electrons. The standard InChI is InChI=1S/C12H17BrClN/c1-10-8-11(4-5-12(10)14)9-15-7-3-2-6-13/h4-5,8,15H,2-3,6-7,9H2,1H3. The summed E-state index contributed by atoms with van der Waals surface area (Å²) in [6, 6.07) is 6.18. The molecule has 0 aliphatic heterocycles. The number of aryl methyl sites for hydroxylation is 1. The van der Waals surface area contributed by atoms with E-state index in [1.165, 1.54) is 18.4 Å². The summed E-state index contributed by atoms with van der Waals surface area (Å²) in [7, 11) is 0. The van der Waals surface area contributed by atoms with E-state index in [1.54, 1.807) is 0 Å². The van der Waals surface area contributed by atoms with Gasteiger partial charge in [-0.15, -0.1) is 0 Å². The maximum absolute atomic E-state index is 5.96. The molecule has 0 atom stereocenters. The molecule has 0 aliphatic rings. The first kappa shape index (κ1) is 13.0. The van der Waals surface area contributed by atoms with E-state index in [2.05, 4.69) is 33.4 Å². The molecule has 0 radical (unpaired) electrons. The zero-order valence-corrected chi connectivity index (χ0v) is 11.4. The molecule has 1 N–H and O–H groups in total. The van der Waals surface area contributed by atoms with Gasteiger partial charge in [-0.05, 0) is 43.5 Å². The van der Waals surface area contributed by atoms with Crippen LogP contribution >= 0.6 is 27.5 Å². The van der Waals surface area contributed by atoms with Crippen molar-refractivity contribution in [2.45, 2.75) is 26.3 Å². The average molecular weight is 291 g/mol. The fourth-order valence-electron chi connectivity index (χ4n) is 1.39. The Morgan fingerprint density at radius 3 is 2.80 bits per heavy atom. The molecule has 0 heterocycles. The minimum atomic E-state index is 0.845. The van der Waals surface area contributed by atoms with Crippen LogP contribution in [-0.4, -0.2) is 11.9 Å². The topological polar surface area (TPSA) is 12.0 Å². The molecule has 0 spiro atoms. The average Bonchev–Trinajstić information content (AvgIpc) is 2.23. The molecule has 0 fully saturated rings. The van der Waals surface area contributed by atoms with Crippen molar-refractivity contribution < 1.29 is 0 Å². The number of nitrogens with one attached hydrogen (secondary N) is 1. The van der Waals surface area contributed by atoms with Gasteiger partial charge in [-0.2, -0.15) is 0 Å². The first-order chi connectivity index (χ1) is 7.24. The van der Waals surface area contributed by atoms with Crippen LogP contribution in [-0.2, 0) is 6.54 Å². The van der Waals surface area contributed by atoms with Crippen LogP contribution in [0.5, 0.6) is 0 Å². The second-order valence-corrected chi connectivity index (χ2v) is 4.86. The van der Waals surface area contributed by atoms with Crippen LogP contribution in [0.2, 0.25) is 5.02 Å². The maximum atomic E-state index is 5.96. The van der Waals surface area contributed by atoms with E-state index in [0.717, 1.165) is 29.0 Å². The predicted molar refractivity (Wildman–Crippen MR) is 70.9 cm³/mol. The number of benzene rings is 1. The summed E-state index contributed by atoms with van der Waals surface area (Å²) in [6.45, 7) is 4.05. The van der Waals surface area contributed by atoms with E-state index in [9.17, 15) is 0 Å². The van der Waals surface area contributed by atoms with Crippen molar-refractivity contribution in [3.8, 4) is 0 Å². The Labute approximate surface area is 105 Å². The molecule has 3 heteroatoms. The fraction of sp³-hybridized carbons (Fsp3) is 0.500. The Kier molecular flexibility index (Phi) is 6.30. The molecule has 0 aromatic heterocycles. The van der Waals surface area contributed by atoms with Crippen molar-refractivity contribution in [1.29, 1.82) is 0 Å². The van der Waals surface area contributed by atoms with E-state index in [0.29, 0.717) is 0 Å². The molecule has 1 rings (SSSR count). The maximum Gasteiger partial charge on any atom is 0.0435 e. The van der Waals surface area contributed by atoms with Gasteiger partial charge in [0, 0.05) is 16.9 Å². The van der Waals surface area contributed by atoms with Crippen molar-refractivity contribution in [3.63, 3.8) is 0 Å². The van der Waals surface area contributed by atoms with Gasteiger partial charge in [-0.3, -0.25) is 0 Å². The summed E-state index contributed by atoms with van der Waals surface area (Å²) < 4.78 is 0. The Bertz CT molecular complexity index is 302. The molecule has 1 nitrogen and oxygen atoms in total. The van der Waals surface area contributed by atoms with Crippen LogP contribution in [0.3, 0.4) is 0 Å². The highest BCUT2D eigenvalue weighted by atomic mass is 79.9. The van der Waals surface area contributed by atoms with Gasteiger partial charge in [-0.1, -0.05) is 39.7 Å². The van der Waals surface area contributed by atoms with Crippen LogP contribution in [0.25, 0.3) is 0 Å². The van der Waals surface area contributed by atoms with Gasteiger partial charge in [0.25, 0.3) is 0 Å². The van der Waals surface area contributed by atoms with E-state index < -0.39 is 0 Å². The zero-order valence-electron chi connectivity index (χ0n) is 9.02. The van der Waals surface area contributed by atoms with Gasteiger partial charge < -0.3 is 5.32 Å². The zero-order chi connectivity index (χ0) is 11.1. The van der Waals surface area contributed by atoms with Gasteiger partial charge >= 0.3 is 0 Å². The van der Waals surface area contributed by atoms with Gasteiger partial charge in [-0.25, -0.2) is 0 Å². The quantitative estimate of drug-likeness (QED) is 0.619. The van der Waals surface area contributed by atoms with E-state index >= 15 is 0 Å². The summed E-state index contributed by atoms with van der Waals surface area (Å²) >= 11 is 9.38. The molecule has 1 aromatic rings. The third-order valence-corrected chi connectivity index (χ3v) is 3.27. The normalized spacial score (nSPS) is 10.6. The Morgan fingerprint density at radius 1 is 1.33 bits per heavy atom. The second kappa shape index (κ2) is 7.26. The number of unbranched alkanes of at least 4 members (excludes halogenated alkanes) is 1. The number of alkyl halides is 1. The van der Waals surface area contributed by atoms with Gasteiger partial charge in [0.05, 0.1) is 0 Å². The van der Waals surface area contributed by atoms with Crippen molar-refractivity contribution in [1.82, 2.24) is 5.32 Å². The minimum Gasteiger partial charge on any atom is -0.313 e. The molecule has 0 aliphatic carbocycles. The molecule has 0 saturated carbocycles. The van der Waals surface area contributed by atoms with Crippen molar-refractivity contribution in [3.05, 3.63) is 34.3 Å². The van der Waals surface area contributed by atoms with E-state index in [-0.39, 0.29) is 0 Å². The first-order valence-electron chi connectivity index (χ1n) is 5.25. The predicted octanol–water partition coefficient (Wildman–Crippen LogP) is 3.91. The molecule has 0 saturated heterocycles. The third kappa shape index (κ3) is 5.01. The smallest absolute Gasteiger partial charge is 0.0435 e. The lowest BCUT2D eigenvalue weighted by molar-refractivity contribution is 0.644. The van der Waals surface area contributed by atoms with Crippen molar-refractivity contribution in [2.75, 3.05) is 11.9 Å². The van der Waals surface area contributed by atoms with Crippen LogP contribution in [0.15, 0.2) is 18.2 Å². The monoisotopic (exact) mass is 289 g/mol. The van der Waals surface area contributed by atoms with Crippen LogP contribution in [0.1, 0.15) is 24.0 Å². The van der Waals surface area contributed by atoms with Crippen LogP contribution in [0, 0.1) is 6.92 Å². The molecule has 0 bridgehead atoms. The molecule has 1 aromatic carbocycles.